The Morgan fingerprint density at radius 2 is 1.75 bits per heavy atom. The number of fused-ring (bicyclic) bond motifs is 1. The third-order valence-corrected chi connectivity index (χ3v) is 5.84. The van der Waals surface area contributed by atoms with Crippen molar-refractivity contribution in [2.45, 2.75) is 18.7 Å². The predicted molar refractivity (Wildman–Crippen MR) is 92.7 cm³/mol. The van der Waals surface area contributed by atoms with Crippen LogP contribution in [-0.2, 0) is 10.0 Å². The van der Waals surface area contributed by atoms with Crippen molar-refractivity contribution in [1.29, 1.82) is 0 Å². The molecule has 1 N–H and O–H groups in total. The fourth-order valence-corrected chi connectivity index (χ4v) is 4.01. The molecule has 130 valence electrons. The normalized spacial score (nSPS) is 11.9. The quantitative estimate of drug-likeness (QED) is 0.878. The van der Waals surface area contributed by atoms with E-state index in [1.165, 1.54) is 33.5 Å². The van der Waals surface area contributed by atoms with Gasteiger partial charge in [-0.15, -0.1) is 0 Å². The maximum absolute atomic E-state index is 12.7. The molecule has 1 heterocycles. The number of carbonyl (C=O) groups excluding carboxylic acids is 1. The number of rotatable bonds is 5. The van der Waals surface area contributed by atoms with Gasteiger partial charge >= 0.3 is 0 Å². The molecule has 0 spiro atoms. The Kier molecular flexibility index (Phi) is 5.10. The molecule has 0 saturated heterocycles. The van der Waals surface area contributed by atoms with Gasteiger partial charge in [-0.1, -0.05) is 13.8 Å². The number of aromatic nitrogens is 1. The SMILES string of the molecule is CCN(CC)S(=O)(=O)c1ccc2[nH]c(=O)cc(C(=O)N(C)C)c2c1. The average molecular weight is 351 g/mol. The summed E-state index contributed by atoms with van der Waals surface area (Å²) in [5.41, 5.74) is 0.189. The van der Waals surface area contributed by atoms with Gasteiger partial charge in [-0.05, 0) is 18.2 Å². The number of amides is 1. The molecule has 1 aromatic carbocycles. The van der Waals surface area contributed by atoms with Gasteiger partial charge in [0.15, 0.2) is 0 Å². The first-order chi connectivity index (χ1) is 11.2. The maximum Gasteiger partial charge on any atom is 0.254 e. The first kappa shape index (κ1) is 18.2. The van der Waals surface area contributed by atoms with Crippen LogP contribution in [0.1, 0.15) is 24.2 Å². The number of nitrogens with one attached hydrogen (secondary N) is 1. The Hall–Kier alpha value is -2.19. The van der Waals surface area contributed by atoms with E-state index in [1.807, 2.05) is 0 Å². The Bertz CT molecular complexity index is 928. The topological polar surface area (TPSA) is 90.5 Å². The van der Waals surface area contributed by atoms with Crippen molar-refractivity contribution in [1.82, 2.24) is 14.2 Å². The Labute approximate surface area is 140 Å². The molecule has 2 rings (SSSR count). The lowest BCUT2D eigenvalue weighted by Gasteiger charge is -2.19. The van der Waals surface area contributed by atoms with Crippen LogP contribution in [0.2, 0.25) is 0 Å². The highest BCUT2D eigenvalue weighted by Crippen LogP contribution is 2.23. The van der Waals surface area contributed by atoms with Crippen LogP contribution < -0.4 is 5.56 Å². The van der Waals surface area contributed by atoms with Crippen molar-refractivity contribution in [3.8, 4) is 0 Å². The molecule has 0 radical (unpaired) electrons. The van der Waals surface area contributed by atoms with Gasteiger partial charge in [0.2, 0.25) is 15.6 Å². The monoisotopic (exact) mass is 351 g/mol. The van der Waals surface area contributed by atoms with Crippen LogP contribution in [0.25, 0.3) is 10.9 Å². The zero-order valence-electron chi connectivity index (χ0n) is 14.2. The molecule has 0 bridgehead atoms. The molecular formula is C16H21N3O4S. The lowest BCUT2D eigenvalue weighted by molar-refractivity contribution is 0.0829. The predicted octanol–water partition coefficient (Wildman–Crippen LogP) is 1.26. The molecule has 8 heteroatoms. The number of pyridine rings is 1. The van der Waals surface area contributed by atoms with Crippen LogP contribution in [0.15, 0.2) is 34.0 Å². The molecule has 0 aliphatic heterocycles. The van der Waals surface area contributed by atoms with Crippen molar-refractivity contribution >= 4 is 26.8 Å². The van der Waals surface area contributed by atoms with E-state index >= 15 is 0 Å². The molecule has 1 amide bonds. The van der Waals surface area contributed by atoms with E-state index in [0.717, 1.165) is 0 Å². The van der Waals surface area contributed by atoms with Crippen molar-refractivity contribution in [3.63, 3.8) is 0 Å². The van der Waals surface area contributed by atoms with Crippen molar-refractivity contribution in [2.24, 2.45) is 0 Å². The van der Waals surface area contributed by atoms with Gasteiger partial charge in [-0.3, -0.25) is 9.59 Å². The van der Waals surface area contributed by atoms with Crippen LogP contribution in [-0.4, -0.2) is 55.7 Å². The van der Waals surface area contributed by atoms with Gasteiger partial charge in [-0.25, -0.2) is 8.42 Å². The molecule has 0 aliphatic rings. The zero-order chi connectivity index (χ0) is 18.1. The minimum atomic E-state index is -3.65. The summed E-state index contributed by atoms with van der Waals surface area (Å²) in [4.78, 5) is 28.2. The third kappa shape index (κ3) is 3.20. The Balaban J connectivity index is 2.75. The number of carbonyl (C=O) groups is 1. The molecule has 0 saturated carbocycles. The summed E-state index contributed by atoms with van der Waals surface area (Å²) in [5, 5.41) is 0.404. The molecule has 0 fully saturated rings. The van der Waals surface area contributed by atoms with Crippen LogP contribution >= 0.6 is 0 Å². The van der Waals surface area contributed by atoms with E-state index in [4.69, 9.17) is 0 Å². The van der Waals surface area contributed by atoms with E-state index in [2.05, 4.69) is 4.98 Å². The van der Waals surface area contributed by atoms with Crippen molar-refractivity contribution in [2.75, 3.05) is 27.2 Å². The Morgan fingerprint density at radius 1 is 1.12 bits per heavy atom. The minimum Gasteiger partial charge on any atom is -0.345 e. The molecule has 2 aromatic rings. The number of hydrogen-bond acceptors (Lipinski definition) is 4. The van der Waals surface area contributed by atoms with E-state index < -0.39 is 15.6 Å². The highest BCUT2D eigenvalue weighted by atomic mass is 32.2. The van der Waals surface area contributed by atoms with Crippen LogP contribution in [0.5, 0.6) is 0 Å². The molecule has 24 heavy (non-hydrogen) atoms. The lowest BCUT2D eigenvalue weighted by Crippen LogP contribution is -2.30. The first-order valence-corrected chi connectivity index (χ1v) is 9.05. The van der Waals surface area contributed by atoms with Crippen LogP contribution in [0, 0.1) is 0 Å². The average Bonchev–Trinajstić information content (AvgIpc) is 2.53. The van der Waals surface area contributed by atoms with E-state index in [0.29, 0.717) is 24.0 Å². The van der Waals surface area contributed by atoms with Gasteiger partial charge in [0, 0.05) is 44.2 Å². The standard InChI is InChI=1S/C16H21N3O4S/c1-5-19(6-2)24(22,23)11-7-8-14-12(9-11)13(10-15(20)17-14)16(21)18(3)4/h7-10H,5-6H2,1-4H3,(H,17,20). The largest absolute Gasteiger partial charge is 0.345 e. The second-order valence-corrected chi connectivity index (χ2v) is 7.48. The minimum absolute atomic E-state index is 0.0959. The fourth-order valence-electron chi connectivity index (χ4n) is 2.52. The number of H-pyrrole nitrogens is 1. The van der Waals surface area contributed by atoms with Gasteiger partial charge in [0.1, 0.15) is 0 Å². The highest BCUT2D eigenvalue weighted by molar-refractivity contribution is 7.89. The van der Waals surface area contributed by atoms with Gasteiger partial charge in [0.25, 0.3) is 5.91 Å². The smallest absolute Gasteiger partial charge is 0.254 e. The van der Waals surface area contributed by atoms with Gasteiger partial charge in [-0.2, -0.15) is 4.31 Å². The summed E-state index contributed by atoms with van der Waals surface area (Å²) in [6.07, 6.45) is 0. The molecule has 0 unspecified atom stereocenters. The summed E-state index contributed by atoms with van der Waals surface area (Å²) in [5.74, 6) is -0.358. The first-order valence-electron chi connectivity index (χ1n) is 7.61. The zero-order valence-corrected chi connectivity index (χ0v) is 15.0. The van der Waals surface area contributed by atoms with Crippen LogP contribution in [0.4, 0.5) is 0 Å². The summed E-state index contributed by atoms with van der Waals surface area (Å²) >= 11 is 0. The van der Waals surface area contributed by atoms with E-state index in [9.17, 15) is 18.0 Å². The van der Waals surface area contributed by atoms with Crippen LogP contribution in [0.3, 0.4) is 0 Å². The second kappa shape index (κ2) is 6.74. The number of nitrogens with zero attached hydrogens (tertiary/aromatic N) is 2. The number of aromatic amines is 1. The maximum atomic E-state index is 12.7. The van der Waals surface area contributed by atoms with Gasteiger partial charge < -0.3 is 9.88 Å². The summed E-state index contributed by atoms with van der Waals surface area (Å²) < 4.78 is 26.7. The summed E-state index contributed by atoms with van der Waals surface area (Å²) in [7, 11) is -0.499. The van der Waals surface area contributed by atoms with Crippen molar-refractivity contribution in [3.05, 3.63) is 40.2 Å². The summed E-state index contributed by atoms with van der Waals surface area (Å²) in [6, 6.07) is 5.59. The number of benzene rings is 1. The van der Waals surface area contributed by atoms with Crippen molar-refractivity contribution < 1.29 is 13.2 Å². The molecule has 7 nitrogen and oxygen atoms in total. The van der Waals surface area contributed by atoms with Gasteiger partial charge in [0.05, 0.1) is 10.5 Å². The fraction of sp³-hybridized carbons (Fsp3) is 0.375. The Morgan fingerprint density at radius 3 is 2.29 bits per heavy atom. The summed E-state index contributed by atoms with van der Waals surface area (Å²) in [6.45, 7) is 4.24. The molecule has 1 aromatic heterocycles. The lowest BCUT2D eigenvalue weighted by atomic mass is 10.1. The molecule has 0 aliphatic carbocycles. The van der Waals surface area contributed by atoms with E-state index in [1.54, 1.807) is 27.9 Å². The highest BCUT2D eigenvalue weighted by Gasteiger charge is 2.23. The molecular weight excluding hydrogens is 330 g/mol. The number of hydrogen-bond donors (Lipinski definition) is 1. The molecule has 0 atom stereocenters. The van der Waals surface area contributed by atoms with E-state index in [-0.39, 0.29) is 16.4 Å². The second-order valence-electron chi connectivity index (χ2n) is 5.54. The number of sulfonamides is 1. The third-order valence-electron chi connectivity index (χ3n) is 3.79.